The standard InChI is InChI=1S/C15H15N3O2/c1-18-13-8-12(5-6-14(13)20-15(18)19)17-9-10-3-2-4-11(16)7-10/h2-8,17H,9,16H2,1H3. The molecule has 3 N–H and O–H groups in total. The van der Waals surface area contributed by atoms with Crippen molar-refractivity contribution in [3.05, 3.63) is 58.6 Å². The minimum absolute atomic E-state index is 0.354. The van der Waals surface area contributed by atoms with E-state index in [4.69, 9.17) is 10.2 Å². The van der Waals surface area contributed by atoms with E-state index in [1.807, 2.05) is 36.4 Å². The van der Waals surface area contributed by atoms with E-state index >= 15 is 0 Å². The highest BCUT2D eigenvalue weighted by Crippen LogP contribution is 2.18. The van der Waals surface area contributed by atoms with Gasteiger partial charge in [-0.3, -0.25) is 4.57 Å². The van der Waals surface area contributed by atoms with Crippen LogP contribution in [0.1, 0.15) is 5.56 Å². The summed E-state index contributed by atoms with van der Waals surface area (Å²) in [6, 6.07) is 13.3. The third kappa shape index (κ3) is 2.25. The lowest BCUT2D eigenvalue weighted by Crippen LogP contribution is -2.08. The minimum Gasteiger partial charge on any atom is -0.408 e. The van der Waals surface area contributed by atoms with Gasteiger partial charge in [0.1, 0.15) is 0 Å². The van der Waals surface area contributed by atoms with Crippen molar-refractivity contribution in [1.29, 1.82) is 0 Å². The number of hydrogen-bond acceptors (Lipinski definition) is 4. The molecule has 0 fully saturated rings. The fourth-order valence-electron chi connectivity index (χ4n) is 2.14. The number of anilines is 2. The van der Waals surface area contributed by atoms with E-state index in [-0.39, 0.29) is 5.76 Å². The van der Waals surface area contributed by atoms with Crippen molar-refractivity contribution >= 4 is 22.5 Å². The van der Waals surface area contributed by atoms with Gasteiger partial charge >= 0.3 is 5.76 Å². The molecular weight excluding hydrogens is 254 g/mol. The lowest BCUT2D eigenvalue weighted by molar-refractivity contribution is 0.528. The molecule has 0 atom stereocenters. The maximum absolute atomic E-state index is 11.4. The molecule has 3 aromatic rings. The number of nitrogens with two attached hydrogens (primary N) is 1. The number of aromatic nitrogens is 1. The first-order valence-electron chi connectivity index (χ1n) is 6.31. The molecule has 20 heavy (non-hydrogen) atoms. The lowest BCUT2D eigenvalue weighted by atomic mass is 10.2. The number of hydrogen-bond donors (Lipinski definition) is 2. The summed E-state index contributed by atoms with van der Waals surface area (Å²) < 4.78 is 6.58. The minimum atomic E-state index is -0.354. The zero-order chi connectivity index (χ0) is 14.1. The lowest BCUT2D eigenvalue weighted by Gasteiger charge is -2.07. The van der Waals surface area contributed by atoms with Crippen LogP contribution in [0.4, 0.5) is 11.4 Å². The highest BCUT2D eigenvalue weighted by molar-refractivity contribution is 5.77. The first-order valence-corrected chi connectivity index (χ1v) is 6.31. The molecule has 0 aliphatic rings. The molecule has 0 bridgehead atoms. The van der Waals surface area contributed by atoms with Crippen molar-refractivity contribution in [3.8, 4) is 0 Å². The molecule has 0 saturated carbocycles. The molecule has 1 heterocycles. The second-order valence-corrected chi connectivity index (χ2v) is 4.71. The van der Waals surface area contributed by atoms with Crippen LogP contribution < -0.4 is 16.8 Å². The Labute approximate surface area is 115 Å². The summed E-state index contributed by atoms with van der Waals surface area (Å²) in [6.45, 7) is 0.669. The summed E-state index contributed by atoms with van der Waals surface area (Å²) in [6.07, 6.45) is 0. The first-order chi connectivity index (χ1) is 9.63. The fourth-order valence-corrected chi connectivity index (χ4v) is 2.14. The summed E-state index contributed by atoms with van der Waals surface area (Å²) in [5, 5.41) is 3.30. The van der Waals surface area contributed by atoms with E-state index in [0.717, 1.165) is 22.5 Å². The SMILES string of the molecule is Cn1c(=O)oc2ccc(NCc3cccc(N)c3)cc21. The molecule has 0 unspecified atom stereocenters. The Morgan fingerprint density at radius 3 is 2.90 bits per heavy atom. The molecule has 5 heteroatoms. The normalized spacial score (nSPS) is 10.8. The largest absolute Gasteiger partial charge is 0.419 e. The molecule has 1 aromatic heterocycles. The van der Waals surface area contributed by atoms with Gasteiger partial charge in [-0.2, -0.15) is 0 Å². The van der Waals surface area contributed by atoms with Crippen LogP contribution in [0.15, 0.2) is 51.7 Å². The number of nitrogens with zero attached hydrogens (tertiary/aromatic N) is 1. The number of rotatable bonds is 3. The Hall–Kier alpha value is -2.69. The number of benzene rings is 2. The van der Waals surface area contributed by atoms with Crippen LogP contribution in [0.25, 0.3) is 11.1 Å². The van der Waals surface area contributed by atoms with E-state index in [9.17, 15) is 4.79 Å². The van der Waals surface area contributed by atoms with Gasteiger partial charge in [0.25, 0.3) is 0 Å². The quantitative estimate of drug-likeness (QED) is 0.716. The summed E-state index contributed by atoms with van der Waals surface area (Å²) >= 11 is 0. The number of aryl methyl sites for hydroxylation is 1. The molecule has 5 nitrogen and oxygen atoms in total. The van der Waals surface area contributed by atoms with Crippen LogP contribution in [0.3, 0.4) is 0 Å². The molecule has 0 saturated heterocycles. The highest BCUT2D eigenvalue weighted by atomic mass is 16.4. The van der Waals surface area contributed by atoms with Crippen LogP contribution in [0.2, 0.25) is 0 Å². The van der Waals surface area contributed by atoms with Gasteiger partial charge in [0.2, 0.25) is 0 Å². The van der Waals surface area contributed by atoms with Gasteiger partial charge in [-0.25, -0.2) is 4.79 Å². The molecule has 0 radical (unpaired) electrons. The summed E-state index contributed by atoms with van der Waals surface area (Å²) in [7, 11) is 1.69. The first kappa shape index (κ1) is 12.3. The van der Waals surface area contributed by atoms with Crippen molar-refractivity contribution < 1.29 is 4.42 Å². The van der Waals surface area contributed by atoms with Crippen molar-refractivity contribution in [3.63, 3.8) is 0 Å². The van der Waals surface area contributed by atoms with E-state index < -0.39 is 0 Å². The predicted molar refractivity (Wildman–Crippen MR) is 79.6 cm³/mol. The van der Waals surface area contributed by atoms with Crippen molar-refractivity contribution in [2.75, 3.05) is 11.1 Å². The fraction of sp³-hybridized carbons (Fsp3) is 0.133. The third-order valence-electron chi connectivity index (χ3n) is 3.24. The Kier molecular flexibility index (Phi) is 2.95. The van der Waals surface area contributed by atoms with Crippen molar-refractivity contribution in [2.45, 2.75) is 6.54 Å². The zero-order valence-electron chi connectivity index (χ0n) is 11.1. The van der Waals surface area contributed by atoms with Crippen LogP contribution in [0.5, 0.6) is 0 Å². The Morgan fingerprint density at radius 1 is 1.25 bits per heavy atom. The number of nitrogen functional groups attached to an aromatic ring is 1. The van der Waals surface area contributed by atoms with Gasteiger partial charge in [0.15, 0.2) is 5.58 Å². The van der Waals surface area contributed by atoms with Gasteiger partial charge in [-0.05, 0) is 35.9 Å². The molecule has 2 aromatic carbocycles. The second-order valence-electron chi connectivity index (χ2n) is 4.71. The molecule has 0 aliphatic heterocycles. The Morgan fingerprint density at radius 2 is 2.10 bits per heavy atom. The molecule has 0 aliphatic carbocycles. The number of fused-ring (bicyclic) bond motifs is 1. The summed E-state index contributed by atoms with van der Waals surface area (Å²) in [4.78, 5) is 11.4. The van der Waals surface area contributed by atoms with Gasteiger partial charge in [0, 0.05) is 25.0 Å². The van der Waals surface area contributed by atoms with Crippen LogP contribution >= 0.6 is 0 Å². The third-order valence-corrected chi connectivity index (χ3v) is 3.24. The molecule has 0 spiro atoms. The van der Waals surface area contributed by atoms with Crippen LogP contribution in [-0.2, 0) is 13.6 Å². The average Bonchev–Trinajstić information content (AvgIpc) is 2.72. The van der Waals surface area contributed by atoms with E-state index in [0.29, 0.717) is 12.1 Å². The topological polar surface area (TPSA) is 73.2 Å². The summed E-state index contributed by atoms with van der Waals surface area (Å²) in [5.41, 5.74) is 9.88. The maximum atomic E-state index is 11.4. The van der Waals surface area contributed by atoms with Gasteiger partial charge in [0.05, 0.1) is 5.52 Å². The average molecular weight is 269 g/mol. The Bertz CT molecular complexity index is 817. The van der Waals surface area contributed by atoms with Crippen molar-refractivity contribution in [2.24, 2.45) is 7.05 Å². The second kappa shape index (κ2) is 4.77. The van der Waals surface area contributed by atoms with E-state index in [1.54, 1.807) is 13.1 Å². The monoisotopic (exact) mass is 269 g/mol. The van der Waals surface area contributed by atoms with Crippen LogP contribution in [-0.4, -0.2) is 4.57 Å². The number of oxazole rings is 1. The Balaban J connectivity index is 1.84. The van der Waals surface area contributed by atoms with Gasteiger partial charge < -0.3 is 15.5 Å². The van der Waals surface area contributed by atoms with Gasteiger partial charge in [-0.15, -0.1) is 0 Å². The highest BCUT2D eigenvalue weighted by Gasteiger charge is 2.06. The summed E-state index contributed by atoms with van der Waals surface area (Å²) in [5.74, 6) is -0.354. The van der Waals surface area contributed by atoms with E-state index in [1.165, 1.54) is 4.57 Å². The predicted octanol–water partition coefficient (Wildman–Crippen LogP) is 2.33. The van der Waals surface area contributed by atoms with Crippen molar-refractivity contribution in [1.82, 2.24) is 4.57 Å². The molecule has 0 amide bonds. The molecular formula is C15H15N3O2. The smallest absolute Gasteiger partial charge is 0.408 e. The zero-order valence-corrected chi connectivity index (χ0v) is 11.1. The van der Waals surface area contributed by atoms with Gasteiger partial charge in [-0.1, -0.05) is 12.1 Å². The van der Waals surface area contributed by atoms with Crippen LogP contribution in [0, 0.1) is 0 Å². The van der Waals surface area contributed by atoms with E-state index in [2.05, 4.69) is 5.32 Å². The molecule has 102 valence electrons. The number of nitrogens with one attached hydrogen (secondary N) is 1. The molecule has 3 rings (SSSR count). The maximum Gasteiger partial charge on any atom is 0.419 e.